The second kappa shape index (κ2) is 6.04. The minimum atomic E-state index is -0.546. The van der Waals surface area contributed by atoms with Crippen LogP contribution in [-0.2, 0) is 6.54 Å². The van der Waals surface area contributed by atoms with Gasteiger partial charge in [0.1, 0.15) is 0 Å². The third-order valence-corrected chi connectivity index (χ3v) is 2.83. The molecule has 0 saturated carbocycles. The summed E-state index contributed by atoms with van der Waals surface area (Å²) in [6.45, 7) is 1.93. The third kappa shape index (κ3) is 3.35. The lowest BCUT2D eigenvalue weighted by molar-refractivity contribution is -0.384. The van der Waals surface area contributed by atoms with Gasteiger partial charge in [-0.1, -0.05) is 5.16 Å². The van der Waals surface area contributed by atoms with Crippen molar-refractivity contribution in [3.05, 3.63) is 51.4 Å². The minimum absolute atomic E-state index is 0.144. The number of nitrogens with one attached hydrogen (secondary N) is 2. The molecule has 8 heteroatoms. The molecule has 2 N–H and O–H groups in total. The van der Waals surface area contributed by atoms with Crippen molar-refractivity contribution in [1.29, 1.82) is 0 Å². The van der Waals surface area contributed by atoms with E-state index in [0.717, 1.165) is 0 Å². The number of rotatable bonds is 5. The topological polar surface area (TPSA) is 110 Å². The van der Waals surface area contributed by atoms with Crippen molar-refractivity contribution in [2.45, 2.75) is 13.5 Å². The van der Waals surface area contributed by atoms with Gasteiger partial charge in [-0.15, -0.1) is 0 Å². The number of benzene rings is 1. The van der Waals surface area contributed by atoms with Crippen LogP contribution < -0.4 is 10.6 Å². The van der Waals surface area contributed by atoms with Crippen LogP contribution in [0.25, 0.3) is 0 Å². The second-order valence-corrected chi connectivity index (χ2v) is 4.35. The zero-order valence-electron chi connectivity index (χ0n) is 11.5. The van der Waals surface area contributed by atoms with Crippen LogP contribution in [0.1, 0.15) is 21.8 Å². The maximum atomic E-state index is 12.1. The van der Waals surface area contributed by atoms with Crippen molar-refractivity contribution < 1.29 is 14.2 Å². The zero-order chi connectivity index (χ0) is 15.4. The van der Waals surface area contributed by atoms with Crippen LogP contribution in [-0.4, -0.2) is 23.0 Å². The molecule has 21 heavy (non-hydrogen) atoms. The summed E-state index contributed by atoms with van der Waals surface area (Å²) in [6, 6.07) is 5.76. The summed E-state index contributed by atoms with van der Waals surface area (Å²) in [7, 11) is 1.64. The molecule has 0 aliphatic heterocycles. The quantitative estimate of drug-likeness (QED) is 0.642. The predicted molar refractivity (Wildman–Crippen MR) is 75.1 cm³/mol. The van der Waals surface area contributed by atoms with Gasteiger partial charge in [0, 0.05) is 30.9 Å². The fourth-order valence-electron chi connectivity index (χ4n) is 1.81. The first-order valence-corrected chi connectivity index (χ1v) is 6.18. The van der Waals surface area contributed by atoms with Crippen molar-refractivity contribution in [1.82, 2.24) is 10.5 Å². The van der Waals surface area contributed by atoms with Crippen LogP contribution in [0.4, 0.5) is 11.4 Å². The Kier molecular flexibility index (Phi) is 4.17. The van der Waals surface area contributed by atoms with E-state index >= 15 is 0 Å². The number of amides is 1. The Balaban J connectivity index is 2.17. The van der Waals surface area contributed by atoms with Gasteiger partial charge < -0.3 is 15.2 Å². The van der Waals surface area contributed by atoms with E-state index < -0.39 is 10.8 Å². The lowest BCUT2D eigenvalue weighted by Crippen LogP contribution is -2.23. The fraction of sp³-hybridized carbons (Fsp3) is 0.231. The molecule has 0 aliphatic rings. The summed E-state index contributed by atoms with van der Waals surface area (Å²) in [4.78, 5) is 22.4. The molecule has 110 valence electrons. The van der Waals surface area contributed by atoms with Gasteiger partial charge in [0.25, 0.3) is 11.6 Å². The number of carbonyl (C=O) groups is 1. The molecule has 1 heterocycles. The molecule has 1 aromatic carbocycles. The summed E-state index contributed by atoms with van der Waals surface area (Å²) in [5.41, 5.74) is 1.27. The Hall–Kier alpha value is -2.90. The van der Waals surface area contributed by atoms with E-state index in [1.807, 2.05) is 0 Å². The molecule has 1 aromatic heterocycles. The normalized spacial score (nSPS) is 10.2. The van der Waals surface area contributed by atoms with Crippen molar-refractivity contribution in [2.75, 3.05) is 12.4 Å². The van der Waals surface area contributed by atoms with Gasteiger partial charge in [0.15, 0.2) is 5.76 Å². The number of non-ortho nitro benzene ring substituents is 1. The van der Waals surface area contributed by atoms with Crippen molar-refractivity contribution in [3.63, 3.8) is 0 Å². The van der Waals surface area contributed by atoms with Crippen LogP contribution in [0.2, 0.25) is 0 Å². The highest BCUT2D eigenvalue weighted by atomic mass is 16.6. The van der Waals surface area contributed by atoms with Crippen molar-refractivity contribution >= 4 is 17.3 Å². The van der Waals surface area contributed by atoms with E-state index in [1.54, 1.807) is 20.0 Å². The molecule has 0 bridgehead atoms. The maximum absolute atomic E-state index is 12.1. The van der Waals surface area contributed by atoms with E-state index in [-0.39, 0.29) is 17.8 Å². The summed E-state index contributed by atoms with van der Waals surface area (Å²) in [5.74, 6) is 0.0781. The molecular formula is C13H14N4O4. The largest absolute Gasteiger partial charge is 0.387 e. The Morgan fingerprint density at radius 1 is 1.43 bits per heavy atom. The number of hydrogen-bond donors (Lipinski definition) is 2. The Morgan fingerprint density at radius 3 is 2.76 bits per heavy atom. The van der Waals surface area contributed by atoms with E-state index in [9.17, 15) is 14.9 Å². The fourth-order valence-corrected chi connectivity index (χ4v) is 1.81. The zero-order valence-corrected chi connectivity index (χ0v) is 11.5. The number of anilines is 1. The van der Waals surface area contributed by atoms with Gasteiger partial charge in [-0.25, -0.2) is 0 Å². The van der Waals surface area contributed by atoms with Gasteiger partial charge >= 0.3 is 0 Å². The molecule has 0 aliphatic carbocycles. The molecule has 0 radical (unpaired) electrons. The number of nitro benzene ring substituents is 1. The SMILES string of the molecule is CNc1ccc([N+](=O)[O-])cc1C(=O)NCc1cc(C)no1. The van der Waals surface area contributed by atoms with Crippen LogP contribution in [0.15, 0.2) is 28.8 Å². The first-order valence-electron chi connectivity index (χ1n) is 6.18. The number of aryl methyl sites for hydroxylation is 1. The second-order valence-electron chi connectivity index (χ2n) is 4.35. The number of aromatic nitrogens is 1. The number of hydrogen-bond acceptors (Lipinski definition) is 6. The van der Waals surface area contributed by atoms with Gasteiger partial charge in [-0.3, -0.25) is 14.9 Å². The first-order chi connectivity index (χ1) is 10.0. The molecule has 0 saturated heterocycles. The van der Waals surface area contributed by atoms with E-state index in [4.69, 9.17) is 4.52 Å². The van der Waals surface area contributed by atoms with Gasteiger partial charge in [-0.2, -0.15) is 0 Å². The Bertz CT molecular complexity index is 681. The summed E-state index contributed by atoms with van der Waals surface area (Å²) >= 11 is 0. The average Bonchev–Trinajstić information content (AvgIpc) is 2.89. The standard InChI is InChI=1S/C13H14N4O4/c1-8-5-10(21-16-8)7-15-13(18)11-6-9(17(19)20)3-4-12(11)14-2/h3-6,14H,7H2,1-2H3,(H,15,18). The number of nitro groups is 1. The maximum Gasteiger partial charge on any atom is 0.270 e. The van der Waals surface area contributed by atoms with Crippen LogP contribution in [0.3, 0.4) is 0 Å². The highest BCUT2D eigenvalue weighted by Crippen LogP contribution is 2.21. The smallest absolute Gasteiger partial charge is 0.270 e. The predicted octanol–water partition coefficient (Wildman–Crippen LogP) is 1.86. The molecule has 2 aromatic rings. The van der Waals surface area contributed by atoms with Gasteiger partial charge in [0.05, 0.1) is 22.7 Å². The lowest BCUT2D eigenvalue weighted by Gasteiger charge is -2.08. The van der Waals surface area contributed by atoms with Crippen LogP contribution in [0.5, 0.6) is 0 Å². The molecular weight excluding hydrogens is 276 g/mol. The van der Waals surface area contributed by atoms with Gasteiger partial charge in [0.2, 0.25) is 0 Å². The third-order valence-electron chi connectivity index (χ3n) is 2.83. The van der Waals surface area contributed by atoms with Crippen LogP contribution >= 0.6 is 0 Å². The van der Waals surface area contributed by atoms with Gasteiger partial charge in [-0.05, 0) is 13.0 Å². The van der Waals surface area contributed by atoms with E-state index in [1.165, 1.54) is 18.2 Å². The van der Waals surface area contributed by atoms with Crippen molar-refractivity contribution in [3.8, 4) is 0 Å². The van der Waals surface area contributed by atoms with Crippen LogP contribution in [0, 0.1) is 17.0 Å². The summed E-state index contributed by atoms with van der Waals surface area (Å²) in [6.07, 6.45) is 0. The molecule has 1 amide bonds. The van der Waals surface area contributed by atoms with E-state index in [2.05, 4.69) is 15.8 Å². The number of nitrogens with zero attached hydrogens (tertiary/aromatic N) is 2. The molecule has 0 fully saturated rings. The molecule has 0 spiro atoms. The highest BCUT2D eigenvalue weighted by Gasteiger charge is 2.16. The lowest BCUT2D eigenvalue weighted by atomic mass is 10.1. The molecule has 8 nitrogen and oxygen atoms in total. The van der Waals surface area contributed by atoms with Crippen molar-refractivity contribution in [2.24, 2.45) is 0 Å². The monoisotopic (exact) mass is 290 g/mol. The molecule has 0 atom stereocenters. The average molecular weight is 290 g/mol. The molecule has 2 rings (SSSR count). The Morgan fingerprint density at radius 2 is 2.19 bits per heavy atom. The minimum Gasteiger partial charge on any atom is -0.387 e. The van der Waals surface area contributed by atoms with E-state index in [0.29, 0.717) is 17.1 Å². The first kappa shape index (κ1) is 14.5. The summed E-state index contributed by atoms with van der Waals surface area (Å²) < 4.78 is 4.98. The summed E-state index contributed by atoms with van der Waals surface area (Å²) in [5, 5.41) is 20.0. The number of carbonyl (C=O) groups excluding carboxylic acids is 1. The Labute approximate surface area is 120 Å². The highest BCUT2D eigenvalue weighted by molar-refractivity contribution is 6.00. The molecule has 0 unspecified atom stereocenters.